The molecule has 0 bridgehead atoms. The second-order valence-corrected chi connectivity index (χ2v) is 13.1. The van der Waals surface area contributed by atoms with Gasteiger partial charge in [0.25, 0.3) is 0 Å². The maximum absolute atomic E-state index is 14.0. The maximum atomic E-state index is 14.0. The first kappa shape index (κ1) is 38.8. The molecule has 2 aromatic carbocycles. The quantitative estimate of drug-likeness (QED) is 0.101. The van der Waals surface area contributed by atoms with Crippen molar-refractivity contribution in [3.8, 4) is 40.1 Å². The van der Waals surface area contributed by atoms with Crippen LogP contribution >= 0.6 is 0 Å². The third kappa shape index (κ3) is 7.34. The van der Waals surface area contributed by atoms with E-state index in [-0.39, 0.29) is 16.9 Å². The first-order chi connectivity index (χ1) is 25.0. The molecule has 3 aromatic rings. The van der Waals surface area contributed by atoms with Crippen molar-refractivity contribution >= 4 is 11.0 Å². The standard InChI is InChI=1S/C33H40O20/c1-9-19(37)23(41)26(44)31(48-9)47-8-17-21(39)25(43)28(46)33(52-17)53-30-22(40)18-15(36)6-12(50-32-27(45)24(42)20(38)10(2)49-32)7-16(18)51-29(30)11-3-4-13(34)14(35)5-11/h3-7,9-10,17,19-21,23-28,31-39,41-46H,8H2,1-2H3/t9-,10-,17+,19-,20-,21-,23+,24+,25+,26+,27+,28+,31-,32+,33+/m0/s1. The van der Waals surface area contributed by atoms with Gasteiger partial charge in [0, 0.05) is 17.7 Å². The molecule has 0 unspecified atom stereocenters. The average Bonchev–Trinajstić information content (AvgIpc) is 3.12. The summed E-state index contributed by atoms with van der Waals surface area (Å²) in [5, 5.41) is 124. The second kappa shape index (κ2) is 15.1. The summed E-state index contributed by atoms with van der Waals surface area (Å²) in [6.07, 6.45) is -24.0. The lowest BCUT2D eigenvalue weighted by Gasteiger charge is -2.42. The first-order valence-electron chi connectivity index (χ1n) is 16.4. The van der Waals surface area contributed by atoms with E-state index in [1.54, 1.807) is 0 Å². The van der Waals surface area contributed by atoms with Crippen molar-refractivity contribution in [2.45, 2.75) is 106 Å². The molecule has 12 N–H and O–H groups in total. The Bertz CT molecular complexity index is 1830. The van der Waals surface area contributed by atoms with Gasteiger partial charge in [-0.1, -0.05) is 0 Å². The van der Waals surface area contributed by atoms with Crippen LogP contribution < -0.4 is 14.9 Å². The van der Waals surface area contributed by atoms with E-state index in [1.807, 2.05) is 0 Å². The summed E-state index contributed by atoms with van der Waals surface area (Å²) < 4.78 is 39.3. The van der Waals surface area contributed by atoms with Gasteiger partial charge in [-0.25, -0.2) is 0 Å². The predicted octanol–water partition coefficient (Wildman–Crippen LogP) is -3.19. The zero-order valence-electron chi connectivity index (χ0n) is 27.9. The number of hydrogen-bond acceptors (Lipinski definition) is 20. The lowest BCUT2D eigenvalue weighted by molar-refractivity contribution is -0.318. The van der Waals surface area contributed by atoms with E-state index in [4.69, 9.17) is 32.8 Å². The molecule has 0 aliphatic carbocycles. The minimum Gasteiger partial charge on any atom is -0.507 e. The molecule has 3 aliphatic rings. The number of hydrogen-bond donors (Lipinski definition) is 12. The highest BCUT2D eigenvalue weighted by atomic mass is 16.7. The summed E-state index contributed by atoms with van der Waals surface area (Å²) in [6.45, 7) is 2.18. The van der Waals surface area contributed by atoms with Crippen LogP contribution in [0.15, 0.2) is 39.5 Å². The molecule has 6 rings (SSSR count). The molecule has 20 nitrogen and oxygen atoms in total. The molecule has 4 heterocycles. The number of aliphatic hydroxyl groups excluding tert-OH is 9. The molecule has 3 aliphatic heterocycles. The molecule has 20 heteroatoms. The van der Waals surface area contributed by atoms with Crippen LogP contribution in [0.3, 0.4) is 0 Å². The fourth-order valence-corrected chi connectivity index (χ4v) is 6.14. The van der Waals surface area contributed by atoms with Crippen LogP contribution in [0.25, 0.3) is 22.3 Å². The number of fused-ring (bicyclic) bond motifs is 1. The van der Waals surface area contributed by atoms with Gasteiger partial charge in [0.2, 0.25) is 23.8 Å². The Morgan fingerprint density at radius 2 is 1.17 bits per heavy atom. The summed E-state index contributed by atoms with van der Waals surface area (Å²) in [6, 6.07) is 5.31. The Morgan fingerprint density at radius 1 is 0.604 bits per heavy atom. The van der Waals surface area contributed by atoms with Crippen LogP contribution in [0.4, 0.5) is 0 Å². The summed E-state index contributed by atoms with van der Waals surface area (Å²) in [5.41, 5.74) is -1.55. The Hall–Kier alpha value is -3.87. The summed E-state index contributed by atoms with van der Waals surface area (Å²) in [4.78, 5) is 14.0. The van der Waals surface area contributed by atoms with E-state index in [2.05, 4.69) is 0 Å². The SMILES string of the molecule is C[C@@H]1O[C@H](OC[C@H]2O[C@H](Oc3c(-c4ccc(O)c(O)c4)oc4cc(O[C@H]5O[C@@H](C)[C@H](O)[C@@H](O)[C@H]5O)cc(O)c4c3=O)[C@H](O)[C@H](O)[C@H]2O)[C@H](O)[C@H](O)[C@H]1O. The van der Waals surface area contributed by atoms with Gasteiger partial charge >= 0.3 is 0 Å². The monoisotopic (exact) mass is 756 g/mol. The van der Waals surface area contributed by atoms with Gasteiger partial charge in [-0.05, 0) is 32.0 Å². The molecule has 3 fully saturated rings. The van der Waals surface area contributed by atoms with Gasteiger partial charge in [0.05, 0.1) is 18.8 Å². The molecular formula is C33H40O20. The predicted molar refractivity (Wildman–Crippen MR) is 172 cm³/mol. The highest BCUT2D eigenvalue weighted by molar-refractivity contribution is 5.88. The van der Waals surface area contributed by atoms with Gasteiger partial charge in [-0.15, -0.1) is 0 Å². The Morgan fingerprint density at radius 3 is 1.79 bits per heavy atom. The van der Waals surface area contributed by atoms with Crippen LogP contribution in [0.5, 0.6) is 28.7 Å². The topological polar surface area (TPSA) is 328 Å². The third-order valence-corrected chi connectivity index (χ3v) is 9.34. The van der Waals surface area contributed by atoms with Crippen molar-refractivity contribution < 1.29 is 94.1 Å². The van der Waals surface area contributed by atoms with Crippen molar-refractivity contribution in [2.24, 2.45) is 0 Å². The fraction of sp³-hybridized carbons (Fsp3) is 0.545. The van der Waals surface area contributed by atoms with Gasteiger partial charge in [0.15, 0.2) is 23.5 Å². The molecule has 15 atom stereocenters. The molecule has 1 aromatic heterocycles. The third-order valence-electron chi connectivity index (χ3n) is 9.34. The number of benzene rings is 2. The maximum Gasteiger partial charge on any atom is 0.239 e. The fourth-order valence-electron chi connectivity index (χ4n) is 6.14. The van der Waals surface area contributed by atoms with Gasteiger partial charge in [-0.3, -0.25) is 4.79 Å². The van der Waals surface area contributed by atoms with Crippen LogP contribution in [0.2, 0.25) is 0 Å². The van der Waals surface area contributed by atoms with Crippen molar-refractivity contribution in [3.05, 3.63) is 40.6 Å². The normalized spacial score (nSPS) is 37.8. The number of phenols is 3. The highest BCUT2D eigenvalue weighted by Gasteiger charge is 2.48. The first-order valence-corrected chi connectivity index (χ1v) is 16.4. The van der Waals surface area contributed by atoms with E-state index in [0.29, 0.717) is 0 Å². The van der Waals surface area contributed by atoms with E-state index in [9.17, 15) is 66.1 Å². The largest absolute Gasteiger partial charge is 0.507 e. The smallest absolute Gasteiger partial charge is 0.239 e. The lowest BCUT2D eigenvalue weighted by atomic mass is 9.98. The Kier molecular flexibility index (Phi) is 11.1. The van der Waals surface area contributed by atoms with Crippen LogP contribution in [0.1, 0.15) is 13.8 Å². The van der Waals surface area contributed by atoms with Crippen LogP contribution in [0, 0.1) is 0 Å². The molecule has 3 saturated heterocycles. The number of rotatable bonds is 8. The Balaban J connectivity index is 1.34. The van der Waals surface area contributed by atoms with E-state index in [0.717, 1.165) is 24.3 Å². The van der Waals surface area contributed by atoms with E-state index < -0.39 is 138 Å². The number of aliphatic hydroxyl groups is 9. The van der Waals surface area contributed by atoms with Gasteiger partial charge in [0.1, 0.15) is 83.5 Å². The number of aromatic hydroxyl groups is 3. The van der Waals surface area contributed by atoms with Crippen molar-refractivity contribution in [1.29, 1.82) is 0 Å². The van der Waals surface area contributed by atoms with E-state index >= 15 is 0 Å². The highest BCUT2D eigenvalue weighted by Crippen LogP contribution is 2.40. The number of phenolic OH excluding ortho intramolecular Hbond substituents is 3. The molecular weight excluding hydrogens is 716 g/mol. The van der Waals surface area contributed by atoms with Crippen molar-refractivity contribution in [2.75, 3.05) is 6.61 Å². The summed E-state index contributed by atoms with van der Waals surface area (Å²) in [7, 11) is 0. The molecule has 0 saturated carbocycles. The number of ether oxygens (including phenoxy) is 6. The molecule has 0 spiro atoms. The van der Waals surface area contributed by atoms with Crippen LogP contribution in [-0.4, -0.2) is 160 Å². The molecule has 53 heavy (non-hydrogen) atoms. The van der Waals surface area contributed by atoms with Crippen LogP contribution in [-0.2, 0) is 18.9 Å². The van der Waals surface area contributed by atoms with Crippen molar-refractivity contribution in [1.82, 2.24) is 0 Å². The van der Waals surface area contributed by atoms with Gasteiger partial charge < -0.3 is 94.1 Å². The van der Waals surface area contributed by atoms with Gasteiger partial charge in [-0.2, -0.15) is 0 Å². The van der Waals surface area contributed by atoms with Crippen molar-refractivity contribution in [3.63, 3.8) is 0 Å². The second-order valence-electron chi connectivity index (χ2n) is 13.1. The minimum absolute atomic E-state index is 0.0962. The average molecular weight is 757 g/mol. The zero-order chi connectivity index (χ0) is 38.6. The lowest BCUT2D eigenvalue weighted by Crippen LogP contribution is -2.61. The van der Waals surface area contributed by atoms with E-state index in [1.165, 1.54) is 19.9 Å². The minimum atomic E-state index is -2.03. The molecule has 292 valence electrons. The summed E-state index contributed by atoms with van der Waals surface area (Å²) >= 11 is 0. The summed E-state index contributed by atoms with van der Waals surface area (Å²) in [5.74, 6) is -3.42. The molecule has 0 radical (unpaired) electrons. The zero-order valence-corrected chi connectivity index (χ0v) is 27.9. The molecule has 0 amide bonds. The Labute approximate surface area is 298 Å².